The first-order chi connectivity index (χ1) is 16.5. The summed E-state index contributed by atoms with van der Waals surface area (Å²) in [4.78, 5) is 0. The van der Waals surface area contributed by atoms with Crippen LogP contribution in [0, 0.1) is 11.6 Å². The van der Waals surface area contributed by atoms with Gasteiger partial charge in [0.15, 0.2) is 0 Å². The molecule has 4 rings (SSSR count). The van der Waals surface area contributed by atoms with E-state index in [4.69, 9.17) is 0 Å². The van der Waals surface area contributed by atoms with Gasteiger partial charge >= 0.3 is 0 Å². The van der Waals surface area contributed by atoms with Gasteiger partial charge < -0.3 is 0 Å². The van der Waals surface area contributed by atoms with Crippen LogP contribution in [-0.2, 0) is 12.8 Å². The lowest BCUT2D eigenvalue weighted by atomic mass is 9.76. The lowest BCUT2D eigenvalue weighted by molar-refractivity contribution is 0.393. The highest BCUT2D eigenvalue weighted by Gasteiger charge is 2.25. The van der Waals surface area contributed by atoms with Crippen molar-refractivity contribution in [1.29, 1.82) is 0 Å². The van der Waals surface area contributed by atoms with Crippen molar-refractivity contribution in [3.63, 3.8) is 0 Å². The summed E-state index contributed by atoms with van der Waals surface area (Å²) < 4.78 is 29.2. The highest BCUT2D eigenvalue weighted by molar-refractivity contribution is 5.31. The van der Waals surface area contributed by atoms with Crippen LogP contribution in [0.4, 0.5) is 8.78 Å². The summed E-state index contributed by atoms with van der Waals surface area (Å²) in [5.74, 6) is 0.504. The summed E-state index contributed by atoms with van der Waals surface area (Å²) >= 11 is 0. The van der Waals surface area contributed by atoms with E-state index in [1.807, 2.05) is 19.1 Å². The summed E-state index contributed by atoms with van der Waals surface area (Å²) in [7, 11) is 0. The minimum Gasteiger partial charge on any atom is -0.207 e. The lowest BCUT2D eigenvalue weighted by Gasteiger charge is -2.29. The number of benzene rings is 3. The molecule has 0 amide bonds. The minimum atomic E-state index is -0.387. The van der Waals surface area contributed by atoms with Crippen LogP contribution in [0.25, 0.3) is 0 Å². The van der Waals surface area contributed by atoms with Gasteiger partial charge in [-0.05, 0) is 104 Å². The second kappa shape index (κ2) is 11.6. The summed E-state index contributed by atoms with van der Waals surface area (Å²) in [6.45, 7) is 4.21. The Hall–Kier alpha value is -2.74. The Kier molecular flexibility index (Phi) is 8.32. The largest absolute Gasteiger partial charge is 0.207 e. The number of rotatable bonds is 8. The number of hydrogen-bond acceptors (Lipinski definition) is 0. The standard InChI is InChI=1S/C32H36F2/c1-3-4-6-11-30-31(33)21-29(22-32(30)34)28-18-16-27(17-19-28)26-14-12-24(13-15-26)20-23(2)25-9-7-5-8-10-25/h3-5,7-10,12-15,21-23,27-28H,6,11,16-20H2,1-2H3/b4-3+/t23-,27?,28?/m0/s1. The monoisotopic (exact) mass is 458 g/mol. The SMILES string of the molecule is C/C=C/CCc1c(F)cc(C2CCC(c3ccc(C[C@H](C)c4ccccc4)cc3)CC2)cc1F. The molecule has 0 spiro atoms. The molecule has 1 aliphatic rings. The van der Waals surface area contributed by atoms with E-state index >= 15 is 0 Å². The van der Waals surface area contributed by atoms with Crippen LogP contribution in [0.15, 0.2) is 78.9 Å². The molecule has 0 N–H and O–H groups in total. The van der Waals surface area contributed by atoms with Crippen LogP contribution in [-0.4, -0.2) is 0 Å². The highest BCUT2D eigenvalue weighted by atomic mass is 19.1. The predicted octanol–water partition coefficient (Wildman–Crippen LogP) is 9.26. The maximum Gasteiger partial charge on any atom is 0.129 e. The first kappa shape index (κ1) is 24.4. The molecular formula is C32H36F2. The number of allylic oxidation sites excluding steroid dienone is 2. The third-order valence-corrected chi connectivity index (χ3v) is 7.52. The molecule has 3 aromatic rings. The van der Waals surface area contributed by atoms with Crippen LogP contribution in [0.3, 0.4) is 0 Å². The molecule has 0 unspecified atom stereocenters. The fourth-order valence-electron chi connectivity index (χ4n) is 5.43. The molecule has 34 heavy (non-hydrogen) atoms. The molecule has 178 valence electrons. The molecule has 0 nitrogen and oxygen atoms in total. The summed E-state index contributed by atoms with van der Waals surface area (Å²) in [6, 6.07) is 23.0. The Balaban J connectivity index is 1.34. The van der Waals surface area contributed by atoms with E-state index in [1.54, 1.807) is 12.1 Å². The molecule has 3 aromatic carbocycles. The van der Waals surface area contributed by atoms with Gasteiger partial charge in [0.05, 0.1) is 0 Å². The smallest absolute Gasteiger partial charge is 0.129 e. The molecule has 0 aliphatic heterocycles. The third-order valence-electron chi connectivity index (χ3n) is 7.52. The number of hydrogen-bond donors (Lipinski definition) is 0. The van der Waals surface area contributed by atoms with Crippen molar-refractivity contribution >= 4 is 0 Å². The molecule has 0 aromatic heterocycles. The van der Waals surface area contributed by atoms with E-state index < -0.39 is 0 Å². The van der Waals surface area contributed by atoms with Gasteiger partial charge in [0.1, 0.15) is 11.6 Å². The van der Waals surface area contributed by atoms with Crippen molar-refractivity contribution in [3.8, 4) is 0 Å². The van der Waals surface area contributed by atoms with E-state index in [1.165, 1.54) is 16.7 Å². The Morgan fingerprint density at radius 3 is 2.00 bits per heavy atom. The van der Waals surface area contributed by atoms with Gasteiger partial charge in [-0.1, -0.05) is 73.7 Å². The van der Waals surface area contributed by atoms with Gasteiger partial charge in [-0.15, -0.1) is 0 Å². The van der Waals surface area contributed by atoms with Gasteiger partial charge in [0.2, 0.25) is 0 Å². The summed E-state index contributed by atoms with van der Waals surface area (Å²) in [5.41, 5.74) is 5.19. The van der Waals surface area contributed by atoms with Crippen LogP contribution in [0.5, 0.6) is 0 Å². The van der Waals surface area contributed by atoms with Gasteiger partial charge in [0, 0.05) is 5.56 Å². The Morgan fingerprint density at radius 1 is 0.824 bits per heavy atom. The minimum absolute atomic E-state index is 0.220. The molecule has 0 heterocycles. The van der Waals surface area contributed by atoms with E-state index in [0.29, 0.717) is 24.7 Å². The van der Waals surface area contributed by atoms with Gasteiger partial charge in [0.25, 0.3) is 0 Å². The zero-order valence-electron chi connectivity index (χ0n) is 20.4. The topological polar surface area (TPSA) is 0 Å². The average Bonchev–Trinajstić information content (AvgIpc) is 2.87. The Morgan fingerprint density at radius 2 is 1.41 bits per heavy atom. The molecule has 0 bridgehead atoms. The van der Waals surface area contributed by atoms with Crippen molar-refractivity contribution in [2.45, 2.75) is 76.5 Å². The first-order valence-corrected chi connectivity index (χ1v) is 12.8. The van der Waals surface area contributed by atoms with Crippen molar-refractivity contribution < 1.29 is 8.78 Å². The highest BCUT2D eigenvalue weighted by Crippen LogP contribution is 2.41. The predicted molar refractivity (Wildman–Crippen MR) is 138 cm³/mol. The summed E-state index contributed by atoms with van der Waals surface area (Å²) in [5, 5.41) is 0. The molecule has 1 saturated carbocycles. The van der Waals surface area contributed by atoms with Crippen molar-refractivity contribution in [3.05, 3.63) is 118 Å². The van der Waals surface area contributed by atoms with Gasteiger partial charge in [-0.2, -0.15) is 0 Å². The fourth-order valence-corrected chi connectivity index (χ4v) is 5.43. The maximum atomic E-state index is 14.6. The van der Waals surface area contributed by atoms with Crippen LogP contribution < -0.4 is 0 Å². The maximum absolute atomic E-state index is 14.6. The molecule has 1 atom stereocenters. The lowest BCUT2D eigenvalue weighted by Crippen LogP contribution is -2.13. The van der Waals surface area contributed by atoms with E-state index in [0.717, 1.165) is 37.7 Å². The zero-order valence-corrected chi connectivity index (χ0v) is 20.4. The normalized spacial score (nSPS) is 19.4. The van der Waals surface area contributed by atoms with E-state index in [9.17, 15) is 8.78 Å². The van der Waals surface area contributed by atoms with Crippen molar-refractivity contribution in [2.24, 2.45) is 0 Å². The van der Waals surface area contributed by atoms with Crippen molar-refractivity contribution in [1.82, 2.24) is 0 Å². The average molecular weight is 459 g/mol. The summed E-state index contributed by atoms with van der Waals surface area (Å²) in [6.07, 6.45) is 10.1. The molecule has 1 aliphatic carbocycles. The molecular weight excluding hydrogens is 422 g/mol. The third kappa shape index (κ3) is 6.03. The molecule has 2 heteroatoms. The zero-order chi connectivity index (χ0) is 23.9. The second-order valence-corrected chi connectivity index (χ2v) is 9.88. The molecule has 0 radical (unpaired) electrons. The molecule has 1 fully saturated rings. The fraction of sp³-hybridized carbons (Fsp3) is 0.375. The van der Waals surface area contributed by atoms with Crippen LogP contribution in [0.1, 0.15) is 91.5 Å². The first-order valence-electron chi connectivity index (χ1n) is 12.8. The van der Waals surface area contributed by atoms with Crippen LogP contribution >= 0.6 is 0 Å². The van der Waals surface area contributed by atoms with Gasteiger partial charge in [-0.25, -0.2) is 8.78 Å². The van der Waals surface area contributed by atoms with E-state index in [2.05, 4.69) is 61.5 Å². The van der Waals surface area contributed by atoms with Crippen LogP contribution in [0.2, 0.25) is 0 Å². The number of halogens is 2. The molecule has 0 saturated heterocycles. The van der Waals surface area contributed by atoms with Crippen molar-refractivity contribution in [2.75, 3.05) is 0 Å². The van der Waals surface area contributed by atoms with E-state index in [-0.39, 0.29) is 23.1 Å². The Bertz CT molecular complexity index is 1050. The van der Waals surface area contributed by atoms with Gasteiger partial charge in [-0.3, -0.25) is 0 Å². The second-order valence-electron chi connectivity index (χ2n) is 9.88. The Labute approximate surface area is 203 Å². The quantitative estimate of drug-likeness (QED) is 0.295.